The van der Waals surface area contributed by atoms with Crippen LogP contribution in [0.15, 0.2) is 44.3 Å². The smallest absolute Gasteiger partial charge is 0.491 e. The van der Waals surface area contributed by atoms with Gasteiger partial charge in [-0.25, -0.2) is 4.79 Å². The highest BCUT2D eigenvalue weighted by atomic mass is 79.9. The molecule has 0 spiro atoms. The van der Waals surface area contributed by atoms with E-state index in [1.807, 2.05) is 0 Å². The minimum Gasteiger partial charge on any atom is -0.508 e. The zero-order valence-electron chi connectivity index (χ0n) is 21.7. The lowest BCUT2D eigenvalue weighted by atomic mass is 10.0. The van der Waals surface area contributed by atoms with Crippen molar-refractivity contribution >= 4 is 67.1 Å². The minimum absolute atomic E-state index is 0.0128. The summed E-state index contributed by atoms with van der Waals surface area (Å²) in [5.41, 5.74) is 0.323. The van der Waals surface area contributed by atoms with Crippen molar-refractivity contribution in [1.29, 1.82) is 0 Å². The number of phenolic OH excluding ortho intramolecular Hbond substituents is 2. The average Bonchev–Trinajstić information content (AvgIpc) is 3.16. The number of ether oxygens (including phenoxy) is 1. The maximum absolute atomic E-state index is 12.8. The van der Waals surface area contributed by atoms with Crippen molar-refractivity contribution in [2.45, 2.75) is 44.3 Å². The molecule has 0 saturated heterocycles. The summed E-state index contributed by atoms with van der Waals surface area (Å²) in [6, 6.07) is 5.31. The highest BCUT2D eigenvalue weighted by Crippen LogP contribution is 2.36. The Bertz CT molecular complexity index is 1400. The molecule has 0 aliphatic carbocycles. The Balaban J connectivity index is 1.71. The molecule has 5 N–H and O–H groups in total. The van der Waals surface area contributed by atoms with Gasteiger partial charge in [-0.15, -0.1) is 0 Å². The van der Waals surface area contributed by atoms with Crippen LogP contribution in [0.2, 0.25) is 0 Å². The lowest BCUT2D eigenvalue weighted by molar-refractivity contribution is -0.202. The molecule has 1 aliphatic rings. The van der Waals surface area contributed by atoms with Crippen LogP contribution in [0.3, 0.4) is 0 Å². The Kier molecular flexibility index (Phi) is 11.3. The number of aromatic hydroxyl groups is 2. The third kappa shape index (κ3) is 9.72. The quantitative estimate of drug-likeness (QED) is 0.195. The fraction of sp³-hybridized carbons (Fsp3) is 0.346. The van der Waals surface area contributed by atoms with E-state index in [9.17, 15) is 42.6 Å². The predicted octanol–water partition coefficient (Wildman–Crippen LogP) is 4.62. The number of phenols is 2. The SMILES string of the molecule is O=C(CNC(=O)c1cc(O)cc(NC2=NCCCCC2)c1)N[C@H](CC(=O)OC(=O)C(F)(F)F)c1cc(Br)cc(Br)c1O. The molecule has 1 aliphatic heterocycles. The van der Waals surface area contributed by atoms with Crippen LogP contribution in [0.5, 0.6) is 11.5 Å². The van der Waals surface area contributed by atoms with E-state index in [2.05, 4.69) is 57.5 Å². The fourth-order valence-electron chi connectivity index (χ4n) is 3.92. The molecular weight excluding hydrogens is 697 g/mol. The van der Waals surface area contributed by atoms with E-state index in [-0.39, 0.29) is 21.3 Å². The van der Waals surface area contributed by atoms with Gasteiger partial charge in [0.1, 0.15) is 17.3 Å². The second kappa shape index (κ2) is 14.5. The average molecular weight is 722 g/mol. The Labute approximate surface area is 254 Å². The number of aliphatic imine (C=N–C) groups is 1. The summed E-state index contributed by atoms with van der Waals surface area (Å²) in [6.45, 7) is 0.00252. The molecule has 42 heavy (non-hydrogen) atoms. The van der Waals surface area contributed by atoms with Crippen molar-refractivity contribution in [3.63, 3.8) is 0 Å². The number of alkyl halides is 3. The number of anilines is 1. The number of nitrogens with one attached hydrogen (secondary N) is 3. The van der Waals surface area contributed by atoms with Crippen molar-refractivity contribution in [2.24, 2.45) is 4.99 Å². The zero-order valence-corrected chi connectivity index (χ0v) is 24.9. The molecule has 0 bridgehead atoms. The molecule has 1 atom stereocenters. The van der Waals surface area contributed by atoms with E-state index in [0.29, 0.717) is 29.0 Å². The number of carbonyl (C=O) groups excluding carboxylic acids is 4. The molecule has 3 rings (SSSR count). The zero-order chi connectivity index (χ0) is 31.0. The highest BCUT2D eigenvalue weighted by molar-refractivity contribution is 9.11. The van der Waals surface area contributed by atoms with E-state index < -0.39 is 54.7 Å². The third-order valence-electron chi connectivity index (χ3n) is 5.83. The number of rotatable bonds is 8. The van der Waals surface area contributed by atoms with Gasteiger partial charge in [-0.3, -0.25) is 19.4 Å². The van der Waals surface area contributed by atoms with Gasteiger partial charge in [-0.2, -0.15) is 13.2 Å². The van der Waals surface area contributed by atoms with Crippen LogP contribution in [0.4, 0.5) is 18.9 Å². The number of hydrogen-bond acceptors (Lipinski definition) is 9. The molecule has 2 aromatic carbocycles. The monoisotopic (exact) mass is 720 g/mol. The Morgan fingerprint density at radius 1 is 1.02 bits per heavy atom. The Morgan fingerprint density at radius 3 is 2.48 bits per heavy atom. The molecule has 0 saturated carbocycles. The topological polar surface area (TPSA) is 166 Å². The van der Waals surface area contributed by atoms with Crippen LogP contribution >= 0.6 is 31.9 Å². The van der Waals surface area contributed by atoms with Gasteiger partial charge in [0.25, 0.3) is 5.91 Å². The second-order valence-corrected chi connectivity index (χ2v) is 10.9. The molecule has 2 aromatic rings. The van der Waals surface area contributed by atoms with Crippen molar-refractivity contribution in [3.05, 3.63) is 50.4 Å². The molecule has 0 aromatic heterocycles. The molecule has 0 unspecified atom stereocenters. The van der Waals surface area contributed by atoms with Gasteiger partial charge in [0, 0.05) is 40.3 Å². The highest BCUT2D eigenvalue weighted by Gasteiger charge is 2.42. The number of halogens is 5. The van der Waals surface area contributed by atoms with Crippen molar-refractivity contribution in [2.75, 3.05) is 18.4 Å². The van der Waals surface area contributed by atoms with E-state index >= 15 is 0 Å². The van der Waals surface area contributed by atoms with Crippen LogP contribution in [0, 0.1) is 0 Å². The van der Waals surface area contributed by atoms with E-state index in [1.165, 1.54) is 30.3 Å². The van der Waals surface area contributed by atoms with Crippen LogP contribution in [-0.2, 0) is 19.1 Å². The van der Waals surface area contributed by atoms with E-state index in [1.54, 1.807) is 0 Å². The Morgan fingerprint density at radius 2 is 1.76 bits per heavy atom. The first-order chi connectivity index (χ1) is 19.7. The maximum atomic E-state index is 12.8. The largest absolute Gasteiger partial charge is 0.508 e. The van der Waals surface area contributed by atoms with Crippen LogP contribution in [-0.4, -0.2) is 59.1 Å². The molecule has 2 amide bonds. The minimum atomic E-state index is -5.43. The molecule has 16 heteroatoms. The normalized spacial score (nSPS) is 14.2. The number of esters is 2. The number of carbonyl (C=O) groups is 4. The molecule has 11 nitrogen and oxygen atoms in total. The van der Waals surface area contributed by atoms with Gasteiger partial charge >= 0.3 is 18.1 Å². The molecule has 0 fully saturated rings. The van der Waals surface area contributed by atoms with Crippen LogP contribution < -0.4 is 16.0 Å². The van der Waals surface area contributed by atoms with Gasteiger partial charge in [-0.1, -0.05) is 22.4 Å². The van der Waals surface area contributed by atoms with E-state index in [0.717, 1.165) is 19.3 Å². The van der Waals surface area contributed by atoms with Gasteiger partial charge in [0.15, 0.2) is 0 Å². The predicted molar refractivity (Wildman–Crippen MR) is 151 cm³/mol. The number of benzene rings is 2. The van der Waals surface area contributed by atoms with Crippen molar-refractivity contribution < 1.29 is 47.3 Å². The first-order valence-electron chi connectivity index (χ1n) is 12.4. The first kappa shape index (κ1) is 32.8. The van der Waals surface area contributed by atoms with Gasteiger partial charge < -0.3 is 30.9 Å². The van der Waals surface area contributed by atoms with Crippen LogP contribution in [0.1, 0.15) is 54.1 Å². The van der Waals surface area contributed by atoms with Crippen molar-refractivity contribution in [3.8, 4) is 11.5 Å². The van der Waals surface area contributed by atoms with E-state index in [4.69, 9.17) is 0 Å². The summed E-state index contributed by atoms with van der Waals surface area (Å²) in [5.74, 6) is -5.95. The lowest BCUT2D eigenvalue weighted by Gasteiger charge is -2.21. The standard InChI is InChI=1S/C26H25Br2F3N4O7/c27-14-8-17(23(39)18(28)9-14)19(11-22(38)42-25(41)26(29,30)31)35-21(37)12-33-24(40)13-6-15(10-16(36)7-13)34-20-4-2-1-3-5-32-20/h6-10,19,36,39H,1-5,11-12H2,(H,32,34)(H,33,40)(H,35,37)/t19-/m1/s1. The maximum Gasteiger partial charge on any atom is 0.491 e. The van der Waals surface area contributed by atoms with Gasteiger partial charge in [0.2, 0.25) is 5.91 Å². The molecule has 226 valence electrons. The van der Waals surface area contributed by atoms with Gasteiger partial charge in [-0.05, 0) is 53.0 Å². The van der Waals surface area contributed by atoms with Gasteiger partial charge in [0.05, 0.1) is 23.5 Å². The fourth-order valence-corrected chi connectivity index (χ4v) is 5.18. The Hall–Kier alpha value is -3.66. The number of nitrogens with zero attached hydrogens (tertiary/aromatic N) is 1. The summed E-state index contributed by atoms with van der Waals surface area (Å²) in [4.78, 5) is 53.1. The molecule has 1 heterocycles. The number of amides is 2. The summed E-state index contributed by atoms with van der Waals surface area (Å²) < 4.78 is 41.9. The van der Waals surface area contributed by atoms with Crippen LogP contribution in [0.25, 0.3) is 0 Å². The lowest BCUT2D eigenvalue weighted by Crippen LogP contribution is -2.39. The summed E-state index contributed by atoms with van der Waals surface area (Å²) in [7, 11) is 0. The third-order valence-corrected chi connectivity index (χ3v) is 6.89. The second-order valence-electron chi connectivity index (χ2n) is 9.12. The summed E-state index contributed by atoms with van der Waals surface area (Å²) in [6.07, 6.45) is -2.74. The number of amidine groups is 1. The molecular formula is C26H25Br2F3N4O7. The number of hydrogen-bond donors (Lipinski definition) is 5. The summed E-state index contributed by atoms with van der Waals surface area (Å²) >= 11 is 6.26. The first-order valence-corrected chi connectivity index (χ1v) is 14.0. The molecule has 0 radical (unpaired) electrons. The van der Waals surface area contributed by atoms with Crippen molar-refractivity contribution in [1.82, 2.24) is 10.6 Å². The summed E-state index contributed by atoms with van der Waals surface area (Å²) in [5, 5.41) is 28.3.